The van der Waals surface area contributed by atoms with Crippen LogP contribution in [0.5, 0.6) is 0 Å². The highest BCUT2D eigenvalue weighted by atomic mass is 19.1. The van der Waals surface area contributed by atoms with Gasteiger partial charge in [0.05, 0.1) is 23.9 Å². The third-order valence-corrected chi connectivity index (χ3v) is 4.64. The number of carboxylic acid groups (broad SMARTS) is 1. The van der Waals surface area contributed by atoms with Gasteiger partial charge in [-0.05, 0) is 23.1 Å². The van der Waals surface area contributed by atoms with Crippen molar-refractivity contribution >= 4 is 11.9 Å². The van der Waals surface area contributed by atoms with Crippen molar-refractivity contribution in [1.29, 1.82) is 0 Å². The van der Waals surface area contributed by atoms with Crippen molar-refractivity contribution < 1.29 is 19.1 Å². The molecule has 1 amide bonds. The Morgan fingerprint density at radius 3 is 2.67 bits per heavy atom. The number of aliphatic carboxylic acids is 1. The van der Waals surface area contributed by atoms with Gasteiger partial charge in [-0.15, -0.1) is 0 Å². The number of hydrogen-bond acceptors (Lipinski definition) is 3. The van der Waals surface area contributed by atoms with Gasteiger partial charge in [-0.1, -0.05) is 19.9 Å². The number of rotatable bonds is 5. The molecule has 2 aromatic rings. The Morgan fingerprint density at radius 1 is 1.38 bits per heavy atom. The molecule has 0 spiro atoms. The number of aromatic nitrogens is 2. The van der Waals surface area contributed by atoms with Gasteiger partial charge >= 0.3 is 5.97 Å². The lowest BCUT2D eigenvalue weighted by molar-refractivity contribution is -0.140. The van der Waals surface area contributed by atoms with E-state index in [0.717, 1.165) is 0 Å². The van der Waals surface area contributed by atoms with Gasteiger partial charge in [0.15, 0.2) is 0 Å². The third-order valence-electron chi connectivity index (χ3n) is 4.64. The van der Waals surface area contributed by atoms with Crippen LogP contribution in [0.2, 0.25) is 0 Å². The standard InChI is InChI=1S/C17H18FN3O3/c1-17(2)13(14(17)16(23)24)15(22)20-8-10-3-4-12(11(18)7-10)21-6-5-19-9-21/h3-7,9,13-14H,8H2,1-2H3,(H,20,22)(H,23,24)/t13-,14+/m1/s1. The number of carbonyl (C=O) groups is 2. The van der Waals surface area contributed by atoms with Crippen molar-refractivity contribution in [3.63, 3.8) is 0 Å². The van der Waals surface area contributed by atoms with Crippen LogP contribution in [0.15, 0.2) is 36.9 Å². The van der Waals surface area contributed by atoms with Crippen LogP contribution < -0.4 is 5.32 Å². The molecule has 3 rings (SSSR count). The fourth-order valence-electron chi connectivity index (χ4n) is 3.16. The van der Waals surface area contributed by atoms with Gasteiger partial charge in [-0.2, -0.15) is 0 Å². The highest BCUT2D eigenvalue weighted by molar-refractivity contribution is 5.91. The molecule has 0 unspecified atom stereocenters. The SMILES string of the molecule is CC1(C)[C@H](C(=O)O)[C@@H]1C(=O)NCc1ccc(-n2ccnc2)c(F)c1. The molecule has 0 bridgehead atoms. The summed E-state index contributed by atoms with van der Waals surface area (Å²) in [6.07, 6.45) is 4.70. The van der Waals surface area contributed by atoms with E-state index in [9.17, 15) is 14.0 Å². The Hall–Kier alpha value is -2.70. The zero-order valence-electron chi connectivity index (χ0n) is 13.4. The number of hydrogen-bond donors (Lipinski definition) is 2. The summed E-state index contributed by atoms with van der Waals surface area (Å²) in [6.45, 7) is 3.67. The average Bonchev–Trinajstić information content (AvgIpc) is 2.88. The molecule has 0 aliphatic heterocycles. The molecular formula is C17H18FN3O3. The first-order valence-electron chi connectivity index (χ1n) is 7.59. The smallest absolute Gasteiger partial charge is 0.307 e. The molecule has 1 aliphatic rings. The molecule has 2 atom stereocenters. The zero-order valence-corrected chi connectivity index (χ0v) is 13.4. The second-order valence-electron chi connectivity index (χ2n) is 6.59. The maximum atomic E-state index is 14.2. The Balaban J connectivity index is 1.65. The fourth-order valence-corrected chi connectivity index (χ4v) is 3.16. The highest BCUT2D eigenvalue weighted by Crippen LogP contribution is 2.58. The van der Waals surface area contributed by atoms with Crippen LogP contribution in [-0.2, 0) is 16.1 Å². The Labute approximate surface area is 138 Å². The lowest BCUT2D eigenvalue weighted by Gasteiger charge is -2.09. The van der Waals surface area contributed by atoms with E-state index >= 15 is 0 Å². The lowest BCUT2D eigenvalue weighted by Crippen LogP contribution is -2.26. The first-order valence-corrected chi connectivity index (χ1v) is 7.59. The van der Waals surface area contributed by atoms with Crippen molar-refractivity contribution in [2.75, 3.05) is 0 Å². The number of amides is 1. The van der Waals surface area contributed by atoms with Crippen LogP contribution in [0.25, 0.3) is 5.69 Å². The van der Waals surface area contributed by atoms with Crippen LogP contribution in [0.3, 0.4) is 0 Å². The van der Waals surface area contributed by atoms with Crippen LogP contribution in [0, 0.1) is 23.1 Å². The molecule has 24 heavy (non-hydrogen) atoms. The van der Waals surface area contributed by atoms with E-state index in [-0.39, 0.29) is 12.5 Å². The Morgan fingerprint density at radius 2 is 2.12 bits per heavy atom. The molecule has 6 nitrogen and oxygen atoms in total. The third kappa shape index (κ3) is 2.77. The van der Waals surface area contributed by atoms with E-state index in [1.54, 1.807) is 42.9 Å². The first-order chi connectivity index (χ1) is 11.3. The second-order valence-corrected chi connectivity index (χ2v) is 6.59. The van der Waals surface area contributed by atoms with E-state index in [2.05, 4.69) is 10.3 Å². The van der Waals surface area contributed by atoms with Crippen LogP contribution in [0.1, 0.15) is 19.4 Å². The van der Waals surface area contributed by atoms with Crippen molar-refractivity contribution in [2.45, 2.75) is 20.4 Å². The molecule has 1 aromatic heterocycles. The molecule has 0 radical (unpaired) electrons. The summed E-state index contributed by atoms with van der Waals surface area (Å²) in [5.74, 6) is -2.92. The minimum Gasteiger partial charge on any atom is -0.481 e. The summed E-state index contributed by atoms with van der Waals surface area (Å²) >= 11 is 0. The predicted molar refractivity (Wildman–Crippen MR) is 83.8 cm³/mol. The fraction of sp³-hybridized carbons (Fsp3) is 0.353. The van der Waals surface area contributed by atoms with Gasteiger partial charge in [0.25, 0.3) is 0 Å². The summed E-state index contributed by atoms with van der Waals surface area (Å²) in [7, 11) is 0. The van der Waals surface area contributed by atoms with Gasteiger partial charge < -0.3 is 15.0 Å². The Bertz CT molecular complexity index is 786. The minimum absolute atomic E-state index is 0.152. The molecule has 0 saturated heterocycles. The average molecular weight is 331 g/mol. The van der Waals surface area contributed by atoms with E-state index in [1.165, 1.54) is 12.4 Å². The molecular weight excluding hydrogens is 313 g/mol. The summed E-state index contributed by atoms with van der Waals surface area (Å²) in [5.41, 5.74) is 0.429. The first kappa shape index (κ1) is 16.2. The summed E-state index contributed by atoms with van der Waals surface area (Å²) in [5, 5.41) is 11.8. The second kappa shape index (κ2) is 5.74. The molecule has 1 saturated carbocycles. The maximum Gasteiger partial charge on any atom is 0.307 e. The van der Waals surface area contributed by atoms with Crippen molar-refractivity contribution in [3.8, 4) is 5.69 Å². The van der Waals surface area contributed by atoms with E-state index < -0.39 is 29.0 Å². The zero-order chi connectivity index (χ0) is 17.5. The van der Waals surface area contributed by atoms with E-state index in [1.807, 2.05) is 0 Å². The van der Waals surface area contributed by atoms with Crippen molar-refractivity contribution in [1.82, 2.24) is 14.9 Å². The normalized spacial score (nSPS) is 21.3. The number of halogens is 1. The molecule has 1 aromatic carbocycles. The van der Waals surface area contributed by atoms with Gasteiger partial charge in [0, 0.05) is 18.9 Å². The van der Waals surface area contributed by atoms with Crippen molar-refractivity contribution in [3.05, 3.63) is 48.3 Å². The Kier molecular flexibility index (Phi) is 3.87. The minimum atomic E-state index is -0.962. The quantitative estimate of drug-likeness (QED) is 0.877. The number of imidazole rings is 1. The van der Waals surface area contributed by atoms with Gasteiger partial charge in [-0.3, -0.25) is 9.59 Å². The van der Waals surface area contributed by atoms with Gasteiger partial charge in [0.1, 0.15) is 5.82 Å². The molecule has 7 heteroatoms. The highest BCUT2D eigenvalue weighted by Gasteiger charge is 2.65. The van der Waals surface area contributed by atoms with Crippen LogP contribution in [-0.4, -0.2) is 26.5 Å². The predicted octanol–water partition coefficient (Wildman–Crippen LogP) is 1.98. The summed E-state index contributed by atoms with van der Waals surface area (Å²) < 4.78 is 15.7. The largest absolute Gasteiger partial charge is 0.481 e. The number of nitrogens with zero attached hydrogens (tertiary/aromatic N) is 2. The summed E-state index contributed by atoms with van der Waals surface area (Å²) in [4.78, 5) is 27.2. The van der Waals surface area contributed by atoms with Gasteiger partial charge in [-0.25, -0.2) is 9.37 Å². The molecule has 1 aliphatic carbocycles. The molecule has 1 heterocycles. The topological polar surface area (TPSA) is 84.2 Å². The van der Waals surface area contributed by atoms with Crippen LogP contribution >= 0.6 is 0 Å². The van der Waals surface area contributed by atoms with Gasteiger partial charge in [0.2, 0.25) is 5.91 Å². The summed E-state index contributed by atoms with van der Waals surface area (Å²) in [6, 6.07) is 4.67. The molecule has 126 valence electrons. The number of nitrogens with one attached hydrogen (secondary N) is 1. The number of carbonyl (C=O) groups excluding carboxylic acids is 1. The monoisotopic (exact) mass is 331 g/mol. The van der Waals surface area contributed by atoms with Crippen molar-refractivity contribution in [2.24, 2.45) is 17.3 Å². The molecule has 1 fully saturated rings. The van der Waals surface area contributed by atoms with E-state index in [0.29, 0.717) is 11.3 Å². The lowest BCUT2D eigenvalue weighted by atomic mass is 10.1. The molecule has 2 N–H and O–H groups in total. The maximum absolute atomic E-state index is 14.2. The number of benzene rings is 1. The van der Waals surface area contributed by atoms with E-state index in [4.69, 9.17) is 5.11 Å². The number of carboxylic acids is 1. The van der Waals surface area contributed by atoms with Crippen LogP contribution in [0.4, 0.5) is 4.39 Å².